The average Bonchev–Trinajstić information content (AvgIpc) is 2.48. The minimum atomic E-state index is -0.0465. The summed E-state index contributed by atoms with van der Waals surface area (Å²) in [7, 11) is 0. The first-order chi connectivity index (χ1) is 9.34. The molecule has 0 saturated carbocycles. The first kappa shape index (κ1) is 11.9. The first-order valence-electron chi connectivity index (χ1n) is 6.63. The number of hydrogen-bond donors (Lipinski definition) is 1. The van der Waals surface area contributed by atoms with Crippen LogP contribution >= 0.6 is 0 Å². The number of pyridine rings is 1. The SMILES string of the molecule is O=C(N[C@H]1CCCc2ccccc21)c1cccnc1. The number of amides is 1. The fourth-order valence-electron chi connectivity index (χ4n) is 2.64. The highest BCUT2D eigenvalue weighted by Crippen LogP contribution is 2.29. The van der Waals surface area contributed by atoms with Gasteiger partial charge in [0.25, 0.3) is 5.91 Å². The Morgan fingerprint density at radius 1 is 1.21 bits per heavy atom. The Labute approximate surface area is 112 Å². The molecule has 1 aromatic carbocycles. The van der Waals surface area contributed by atoms with Crippen LogP contribution in [0.4, 0.5) is 0 Å². The van der Waals surface area contributed by atoms with Gasteiger partial charge >= 0.3 is 0 Å². The number of fused-ring (bicyclic) bond motifs is 1. The van der Waals surface area contributed by atoms with Crippen LogP contribution in [0.25, 0.3) is 0 Å². The predicted octanol–water partition coefficient (Wildman–Crippen LogP) is 2.89. The van der Waals surface area contributed by atoms with Gasteiger partial charge in [-0.05, 0) is 42.5 Å². The van der Waals surface area contributed by atoms with Crippen LogP contribution in [0.2, 0.25) is 0 Å². The van der Waals surface area contributed by atoms with Crippen LogP contribution < -0.4 is 5.32 Å². The monoisotopic (exact) mass is 252 g/mol. The standard InChI is InChI=1S/C16H16N2O/c19-16(13-7-4-10-17-11-13)18-15-9-3-6-12-5-1-2-8-14(12)15/h1-2,4-5,7-8,10-11,15H,3,6,9H2,(H,18,19)/t15-/m0/s1. The third-order valence-electron chi connectivity index (χ3n) is 3.60. The van der Waals surface area contributed by atoms with Gasteiger partial charge in [-0.1, -0.05) is 24.3 Å². The highest BCUT2D eigenvalue weighted by molar-refractivity contribution is 5.94. The third-order valence-corrected chi connectivity index (χ3v) is 3.60. The quantitative estimate of drug-likeness (QED) is 0.893. The van der Waals surface area contributed by atoms with Crippen molar-refractivity contribution in [3.05, 3.63) is 65.5 Å². The second-order valence-corrected chi connectivity index (χ2v) is 4.86. The highest BCUT2D eigenvalue weighted by atomic mass is 16.1. The van der Waals surface area contributed by atoms with Crippen molar-refractivity contribution in [1.29, 1.82) is 0 Å². The number of nitrogens with zero attached hydrogens (tertiary/aromatic N) is 1. The van der Waals surface area contributed by atoms with Gasteiger partial charge in [-0.3, -0.25) is 9.78 Å². The van der Waals surface area contributed by atoms with Crippen molar-refractivity contribution in [3.8, 4) is 0 Å². The van der Waals surface area contributed by atoms with Crippen molar-refractivity contribution >= 4 is 5.91 Å². The molecule has 0 saturated heterocycles. The molecular formula is C16H16N2O. The summed E-state index contributed by atoms with van der Waals surface area (Å²) in [6.07, 6.45) is 6.50. The molecule has 1 atom stereocenters. The van der Waals surface area contributed by atoms with Gasteiger partial charge in [-0.25, -0.2) is 0 Å². The van der Waals surface area contributed by atoms with Crippen molar-refractivity contribution in [1.82, 2.24) is 10.3 Å². The molecule has 1 aliphatic carbocycles. The summed E-state index contributed by atoms with van der Waals surface area (Å²) in [6, 6.07) is 12.1. The van der Waals surface area contributed by atoms with E-state index in [0.29, 0.717) is 5.56 Å². The van der Waals surface area contributed by atoms with E-state index in [1.165, 1.54) is 11.1 Å². The van der Waals surface area contributed by atoms with Gasteiger partial charge in [0.2, 0.25) is 0 Å². The molecule has 3 heteroatoms. The maximum Gasteiger partial charge on any atom is 0.253 e. The number of aryl methyl sites for hydroxylation is 1. The molecule has 3 nitrogen and oxygen atoms in total. The van der Waals surface area contributed by atoms with Gasteiger partial charge in [-0.15, -0.1) is 0 Å². The van der Waals surface area contributed by atoms with Crippen LogP contribution in [0.5, 0.6) is 0 Å². The number of hydrogen-bond acceptors (Lipinski definition) is 2. The first-order valence-corrected chi connectivity index (χ1v) is 6.63. The summed E-state index contributed by atoms with van der Waals surface area (Å²) in [5.74, 6) is -0.0465. The van der Waals surface area contributed by atoms with Gasteiger partial charge in [-0.2, -0.15) is 0 Å². The minimum Gasteiger partial charge on any atom is -0.345 e. The number of nitrogens with one attached hydrogen (secondary N) is 1. The Hall–Kier alpha value is -2.16. The zero-order valence-electron chi connectivity index (χ0n) is 10.7. The number of carbonyl (C=O) groups is 1. The van der Waals surface area contributed by atoms with Gasteiger partial charge in [0.05, 0.1) is 11.6 Å². The lowest BCUT2D eigenvalue weighted by Gasteiger charge is -2.26. The molecule has 1 aromatic heterocycles. The zero-order valence-corrected chi connectivity index (χ0v) is 10.7. The molecular weight excluding hydrogens is 236 g/mol. The molecule has 0 unspecified atom stereocenters. The van der Waals surface area contributed by atoms with Gasteiger partial charge < -0.3 is 5.32 Å². The van der Waals surface area contributed by atoms with Gasteiger partial charge in [0.1, 0.15) is 0 Å². The normalized spacial score (nSPS) is 17.6. The zero-order chi connectivity index (χ0) is 13.1. The van der Waals surface area contributed by atoms with Crippen LogP contribution in [0.1, 0.15) is 40.4 Å². The van der Waals surface area contributed by atoms with Crippen LogP contribution in [-0.2, 0) is 6.42 Å². The lowest BCUT2D eigenvalue weighted by molar-refractivity contribution is 0.0932. The summed E-state index contributed by atoms with van der Waals surface area (Å²) in [4.78, 5) is 16.2. The Morgan fingerprint density at radius 2 is 2.11 bits per heavy atom. The minimum absolute atomic E-state index is 0.0465. The molecule has 1 amide bonds. The smallest absolute Gasteiger partial charge is 0.253 e. The van der Waals surface area contributed by atoms with E-state index in [4.69, 9.17) is 0 Å². The number of carbonyl (C=O) groups excluding carboxylic acids is 1. The molecule has 0 radical (unpaired) electrons. The second-order valence-electron chi connectivity index (χ2n) is 4.86. The average molecular weight is 252 g/mol. The Morgan fingerprint density at radius 3 is 2.95 bits per heavy atom. The molecule has 1 N–H and O–H groups in total. The molecule has 0 spiro atoms. The van der Waals surface area contributed by atoms with Crippen LogP contribution in [0.3, 0.4) is 0 Å². The molecule has 96 valence electrons. The molecule has 1 heterocycles. The molecule has 0 bridgehead atoms. The van der Waals surface area contributed by atoms with E-state index in [9.17, 15) is 4.79 Å². The predicted molar refractivity (Wildman–Crippen MR) is 73.8 cm³/mol. The fourth-order valence-corrected chi connectivity index (χ4v) is 2.64. The van der Waals surface area contributed by atoms with E-state index in [2.05, 4.69) is 28.5 Å². The van der Waals surface area contributed by atoms with Crippen molar-refractivity contribution in [2.75, 3.05) is 0 Å². The number of benzene rings is 1. The summed E-state index contributed by atoms with van der Waals surface area (Å²) >= 11 is 0. The molecule has 19 heavy (non-hydrogen) atoms. The van der Waals surface area contributed by atoms with Crippen molar-refractivity contribution < 1.29 is 4.79 Å². The Balaban J connectivity index is 1.80. The van der Waals surface area contributed by atoms with Crippen LogP contribution in [-0.4, -0.2) is 10.9 Å². The van der Waals surface area contributed by atoms with E-state index in [1.807, 2.05) is 6.07 Å². The van der Waals surface area contributed by atoms with E-state index >= 15 is 0 Å². The van der Waals surface area contributed by atoms with Gasteiger partial charge in [0.15, 0.2) is 0 Å². The summed E-state index contributed by atoms with van der Waals surface area (Å²) in [5, 5.41) is 3.11. The lowest BCUT2D eigenvalue weighted by Crippen LogP contribution is -2.31. The molecule has 3 rings (SSSR count). The fraction of sp³-hybridized carbons (Fsp3) is 0.250. The highest BCUT2D eigenvalue weighted by Gasteiger charge is 2.21. The Kier molecular flexibility index (Phi) is 3.27. The van der Waals surface area contributed by atoms with Crippen molar-refractivity contribution in [2.45, 2.75) is 25.3 Å². The van der Waals surface area contributed by atoms with E-state index in [0.717, 1.165) is 19.3 Å². The molecule has 1 aliphatic rings. The maximum absolute atomic E-state index is 12.2. The second kappa shape index (κ2) is 5.22. The Bertz CT molecular complexity index is 580. The summed E-state index contributed by atoms with van der Waals surface area (Å²) in [5.41, 5.74) is 3.22. The van der Waals surface area contributed by atoms with Crippen LogP contribution in [0.15, 0.2) is 48.8 Å². The maximum atomic E-state index is 12.2. The van der Waals surface area contributed by atoms with Crippen molar-refractivity contribution in [2.24, 2.45) is 0 Å². The number of aromatic nitrogens is 1. The molecule has 0 aliphatic heterocycles. The topological polar surface area (TPSA) is 42.0 Å². The van der Waals surface area contributed by atoms with E-state index < -0.39 is 0 Å². The van der Waals surface area contributed by atoms with Crippen molar-refractivity contribution in [3.63, 3.8) is 0 Å². The van der Waals surface area contributed by atoms with E-state index in [-0.39, 0.29) is 11.9 Å². The van der Waals surface area contributed by atoms with Gasteiger partial charge in [0, 0.05) is 12.4 Å². The third kappa shape index (κ3) is 2.50. The van der Waals surface area contributed by atoms with E-state index in [1.54, 1.807) is 24.5 Å². The summed E-state index contributed by atoms with van der Waals surface area (Å²) in [6.45, 7) is 0. The summed E-state index contributed by atoms with van der Waals surface area (Å²) < 4.78 is 0. The number of rotatable bonds is 2. The largest absolute Gasteiger partial charge is 0.345 e. The molecule has 0 fully saturated rings. The lowest BCUT2D eigenvalue weighted by atomic mass is 9.87. The molecule has 2 aromatic rings. The van der Waals surface area contributed by atoms with Crippen LogP contribution in [0, 0.1) is 0 Å².